The zero-order chi connectivity index (χ0) is 11.1. The minimum atomic E-state index is -0.0764. The van der Waals surface area contributed by atoms with Crippen LogP contribution in [-0.4, -0.2) is 26.2 Å². The van der Waals surface area contributed by atoms with Gasteiger partial charge in [-0.25, -0.2) is 0 Å². The third-order valence-electron chi connectivity index (χ3n) is 1.90. The number of nitrogens with one attached hydrogen (secondary N) is 1. The van der Waals surface area contributed by atoms with Crippen molar-refractivity contribution in [3.8, 4) is 0 Å². The standard InChI is InChI=1S/C11H14BrNO2/c1-15-8-11(14)13-6-5-9-3-2-4-10(12)7-9/h2-4,7H,5-6,8H2,1H3,(H,13,14). The maximum atomic E-state index is 11.1. The van der Waals surface area contributed by atoms with E-state index >= 15 is 0 Å². The third kappa shape index (κ3) is 4.95. The third-order valence-corrected chi connectivity index (χ3v) is 2.39. The average Bonchev–Trinajstić information content (AvgIpc) is 2.18. The topological polar surface area (TPSA) is 38.3 Å². The fraction of sp³-hybridized carbons (Fsp3) is 0.364. The molecule has 0 heterocycles. The summed E-state index contributed by atoms with van der Waals surface area (Å²) in [6, 6.07) is 8.04. The van der Waals surface area contributed by atoms with E-state index in [1.165, 1.54) is 12.7 Å². The van der Waals surface area contributed by atoms with Crippen molar-refractivity contribution in [2.45, 2.75) is 6.42 Å². The number of benzene rings is 1. The number of amides is 1. The molecule has 15 heavy (non-hydrogen) atoms. The van der Waals surface area contributed by atoms with E-state index in [9.17, 15) is 4.79 Å². The lowest BCUT2D eigenvalue weighted by molar-refractivity contribution is -0.124. The molecule has 0 spiro atoms. The smallest absolute Gasteiger partial charge is 0.245 e. The number of rotatable bonds is 5. The van der Waals surface area contributed by atoms with E-state index in [1.807, 2.05) is 24.3 Å². The Morgan fingerprint density at radius 3 is 3.00 bits per heavy atom. The second-order valence-corrected chi connectivity index (χ2v) is 4.08. The van der Waals surface area contributed by atoms with Crippen molar-refractivity contribution in [3.05, 3.63) is 34.3 Å². The minimum Gasteiger partial charge on any atom is -0.375 e. The SMILES string of the molecule is COCC(=O)NCCc1cccc(Br)c1. The summed E-state index contributed by atoms with van der Waals surface area (Å²) in [7, 11) is 1.51. The molecular formula is C11H14BrNO2. The first-order valence-electron chi connectivity index (χ1n) is 4.72. The number of halogens is 1. The molecule has 1 amide bonds. The highest BCUT2D eigenvalue weighted by molar-refractivity contribution is 9.10. The van der Waals surface area contributed by atoms with Gasteiger partial charge in [0.1, 0.15) is 6.61 Å². The molecule has 0 bridgehead atoms. The average molecular weight is 272 g/mol. The minimum absolute atomic E-state index is 0.0764. The van der Waals surface area contributed by atoms with Gasteiger partial charge in [-0.2, -0.15) is 0 Å². The van der Waals surface area contributed by atoms with Crippen LogP contribution in [-0.2, 0) is 16.0 Å². The first-order chi connectivity index (χ1) is 7.22. The van der Waals surface area contributed by atoms with Gasteiger partial charge in [-0.05, 0) is 24.1 Å². The number of hydrogen-bond acceptors (Lipinski definition) is 2. The molecule has 0 saturated carbocycles. The fourth-order valence-electron chi connectivity index (χ4n) is 1.22. The Bertz CT molecular complexity index is 328. The molecule has 0 unspecified atom stereocenters. The summed E-state index contributed by atoms with van der Waals surface area (Å²) in [5.74, 6) is -0.0764. The predicted molar refractivity (Wildman–Crippen MR) is 62.7 cm³/mol. The van der Waals surface area contributed by atoms with Crippen molar-refractivity contribution < 1.29 is 9.53 Å². The highest BCUT2D eigenvalue weighted by Crippen LogP contribution is 2.11. The van der Waals surface area contributed by atoms with Crippen LogP contribution in [0.25, 0.3) is 0 Å². The molecule has 0 radical (unpaired) electrons. The number of carbonyl (C=O) groups excluding carboxylic acids is 1. The molecule has 0 atom stereocenters. The second-order valence-electron chi connectivity index (χ2n) is 3.16. The Hall–Kier alpha value is -0.870. The molecule has 4 heteroatoms. The lowest BCUT2D eigenvalue weighted by Gasteiger charge is -2.04. The van der Waals surface area contributed by atoms with Gasteiger partial charge in [-0.1, -0.05) is 28.1 Å². The molecule has 0 aliphatic carbocycles. The first kappa shape index (κ1) is 12.2. The monoisotopic (exact) mass is 271 g/mol. The summed E-state index contributed by atoms with van der Waals surface area (Å²) >= 11 is 3.40. The van der Waals surface area contributed by atoms with Gasteiger partial charge in [0, 0.05) is 18.1 Å². The summed E-state index contributed by atoms with van der Waals surface area (Å²) in [6.45, 7) is 0.761. The zero-order valence-corrected chi connectivity index (χ0v) is 10.2. The van der Waals surface area contributed by atoms with Gasteiger partial charge in [0.05, 0.1) is 0 Å². The summed E-state index contributed by atoms with van der Waals surface area (Å²) in [5.41, 5.74) is 1.20. The summed E-state index contributed by atoms with van der Waals surface area (Å²) < 4.78 is 5.76. The van der Waals surface area contributed by atoms with Gasteiger partial charge < -0.3 is 10.1 Å². The molecule has 1 rings (SSSR count). The fourth-order valence-corrected chi connectivity index (χ4v) is 1.67. The predicted octanol–water partition coefficient (Wildman–Crippen LogP) is 1.75. The molecule has 0 aromatic heterocycles. The van der Waals surface area contributed by atoms with Gasteiger partial charge in [0.25, 0.3) is 0 Å². The van der Waals surface area contributed by atoms with Crippen LogP contribution >= 0.6 is 15.9 Å². The van der Waals surface area contributed by atoms with Crippen LogP contribution in [0.1, 0.15) is 5.56 Å². The molecule has 1 aromatic rings. The molecule has 0 fully saturated rings. The Balaban J connectivity index is 2.28. The molecule has 1 N–H and O–H groups in total. The Kier molecular flexibility index (Phi) is 5.36. The van der Waals surface area contributed by atoms with Crippen LogP contribution in [0.5, 0.6) is 0 Å². The molecule has 3 nitrogen and oxygen atoms in total. The highest BCUT2D eigenvalue weighted by Gasteiger charge is 1.99. The van der Waals surface area contributed by atoms with Crippen molar-refractivity contribution >= 4 is 21.8 Å². The van der Waals surface area contributed by atoms with Gasteiger partial charge in [0.15, 0.2) is 0 Å². The lowest BCUT2D eigenvalue weighted by Crippen LogP contribution is -2.28. The van der Waals surface area contributed by atoms with E-state index in [0.29, 0.717) is 6.54 Å². The Morgan fingerprint density at radius 1 is 1.53 bits per heavy atom. The van der Waals surface area contributed by atoms with Crippen LogP contribution < -0.4 is 5.32 Å². The van der Waals surface area contributed by atoms with E-state index in [2.05, 4.69) is 21.2 Å². The number of methoxy groups -OCH3 is 1. The largest absolute Gasteiger partial charge is 0.375 e. The van der Waals surface area contributed by atoms with E-state index in [1.54, 1.807) is 0 Å². The van der Waals surface area contributed by atoms with Crippen molar-refractivity contribution in [1.82, 2.24) is 5.32 Å². The molecule has 1 aromatic carbocycles. The number of hydrogen-bond donors (Lipinski definition) is 1. The van der Waals surface area contributed by atoms with Crippen molar-refractivity contribution in [2.24, 2.45) is 0 Å². The van der Waals surface area contributed by atoms with Gasteiger partial charge in [-0.3, -0.25) is 4.79 Å². The summed E-state index contributed by atoms with van der Waals surface area (Å²) in [6.07, 6.45) is 0.828. The van der Waals surface area contributed by atoms with Crippen LogP contribution in [0.15, 0.2) is 28.7 Å². The molecule has 0 saturated heterocycles. The van der Waals surface area contributed by atoms with Crippen molar-refractivity contribution in [1.29, 1.82) is 0 Å². The first-order valence-corrected chi connectivity index (χ1v) is 5.52. The Morgan fingerprint density at radius 2 is 2.33 bits per heavy atom. The molecule has 0 aliphatic rings. The van der Waals surface area contributed by atoms with E-state index in [4.69, 9.17) is 4.74 Å². The normalized spacial score (nSPS) is 10.0. The van der Waals surface area contributed by atoms with Crippen molar-refractivity contribution in [3.63, 3.8) is 0 Å². The summed E-state index contributed by atoms with van der Waals surface area (Å²) in [4.78, 5) is 11.1. The lowest BCUT2D eigenvalue weighted by atomic mass is 10.1. The number of carbonyl (C=O) groups is 1. The van der Waals surface area contributed by atoms with Gasteiger partial charge in [-0.15, -0.1) is 0 Å². The second kappa shape index (κ2) is 6.58. The van der Waals surface area contributed by atoms with E-state index in [0.717, 1.165) is 10.9 Å². The summed E-state index contributed by atoms with van der Waals surface area (Å²) in [5, 5.41) is 2.77. The zero-order valence-electron chi connectivity index (χ0n) is 8.63. The maximum Gasteiger partial charge on any atom is 0.245 e. The van der Waals surface area contributed by atoms with Crippen LogP contribution in [0, 0.1) is 0 Å². The van der Waals surface area contributed by atoms with Gasteiger partial charge >= 0.3 is 0 Å². The quantitative estimate of drug-likeness (QED) is 0.886. The van der Waals surface area contributed by atoms with Crippen molar-refractivity contribution in [2.75, 3.05) is 20.3 Å². The highest BCUT2D eigenvalue weighted by atomic mass is 79.9. The van der Waals surface area contributed by atoms with E-state index in [-0.39, 0.29) is 12.5 Å². The maximum absolute atomic E-state index is 11.1. The van der Waals surface area contributed by atoms with Gasteiger partial charge in [0.2, 0.25) is 5.91 Å². The Labute approximate surface area is 97.9 Å². The van der Waals surface area contributed by atoms with Crippen LogP contribution in [0.2, 0.25) is 0 Å². The van der Waals surface area contributed by atoms with Crippen LogP contribution in [0.4, 0.5) is 0 Å². The van der Waals surface area contributed by atoms with Crippen LogP contribution in [0.3, 0.4) is 0 Å². The van der Waals surface area contributed by atoms with E-state index < -0.39 is 0 Å². The molecule has 82 valence electrons. The molecule has 0 aliphatic heterocycles. The number of ether oxygens (including phenoxy) is 1. The molecular weight excluding hydrogens is 258 g/mol.